The van der Waals surface area contributed by atoms with Crippen LogP contribution in [0.3, 0.4) is 0 Å². The zero-order chi connectivity index (χ0) is 15.2. The summed E-state index contributed by atoms with van der Waals surface area (Å²) in [5.74, 6) is 1.03. The third-order valence-corrected chi connectivity index (χ3v) is 4.50. The second kappa shape index (κ2) is 7.43. The van der Waals surface area contributed by atoms with Crippen LogP contribution in [0.15, 0.2) is 12.1 Å². The summed E-state index contributed by atoms with van der Waals surface area (Å²) in [5.41, 5.74) is 7.29. The number of nitrogen functional groups attached to an aromatic ring is 1. The summed E-state index contributed by atoms with van der Waals surface area (Å²) in [6.45, 7) is 4.16. The molecule has 1 fully saturated rings. The van der Waals surface area contributed by atoms with E-state index in [0.717, 1.165) is 18.5 Å². The number of amides is 1. The van der Waals surface area contributed by atoms with Crippen molar-refractivity contribution in [1.82, 2.24) is 10.3 Å². The lowest BCUT2D eigenvalue weighted by atomic mass is 9.83. The molecule has 0 radical (unpaired) electrons. The molecule has 4 heteroatoms. The van der Waals surface area contributed by atoms with E-state index >= 15 is 0 Å². The Morgan fingerprint density at radius 1 is 1.33 bits per heavy atom. The molecule has 0 spiro atoms. The number of hydrogen-bond acceptors (Lipinski definition) is 3. The first-order valence-corrected chi connectivity index (χ1v) is 8.21. The number of nitrogens with two attached hydrogens (primary N) is 1. The smallest absolute Gasteiger partial charge is 0.251 e. The lowest BCUT2D eigenvalue weighted by molar-refractivity contribution is 0.0911. The molecule has 1 aromatic heterocycles. The minimum Gasteiger partial charge on any atom is -0.384 e. The van der Waals surface area contributed by atoms with Crippen LogP contribution in [0, 0.1) is 5.92 Å². The highest BCUT2D eigenvalue weighted by atomic mass is 16.1. The van der Waals surface area contributed by atoms with Gasteiger partial charge >= 0.3 is 0 Å². The third kappa shape index (κ3) is 4.19. The first kappa shape index (κ1) is 15.8. The molecule has 116 valence electrons. The van der Waals surface area contributed by atoms with E-state index in [9.17, 15) is 4.79 Å². The summed E-state index contributed by atoms with van der Waals surface area (Å²) >= 11 is 0. The Labute approximate surface area is 127 Å². The van der Waals surface area contributed by atoms with Gasteiger partial charge in [0.15, 0.2) is 0 Å². The van der Waals surface area contributed by atoms with E-state index in [4.69, 9.17) is 5.73 Å². The molecule has 0 aliphatic heterocycles. The lowest BCUT2D eigenvalue weighted by Gasteiger charge is -2.30. The molecule has 1 aliphatic rings. The van der Waals surface area contributed by atoms with E-state index in [-0.39, 0.29) is 11.9 Å². The standard InChI is InChI=1S/C17H27N3O/c1-3-14-10-13(11-16(18)19-14)17(21)20-15(4-2)12-8-6-5-7-9-12/h10-12,15H,3-9H2,1-2H3,(H2,18,19)(H,20,21). The average molecular weight is 289 g/mol. The van der Waals surface area contributed by atoms with Gasteiger partial charge in [-0.25, -0.2) is 4.98 Å². The average Bonchev–Trinajstić information content (AvgIpc) is 2.52. The maximum atomic E-state index is 12.5. The number of nitrogens with one attached hydrogen (secondary N) is 1. The minimum atomic E-state index is -0.0174. The van der Waals surface area contributed by atoms with Crippen LogP contribution in [0.1, 0.15) is 68.4 Å². The van der Waals surface area contributed by atoms with Gasteiger partial charge in [-0.2, -0.15) is 0 Å². The van der Waals surface area contributed by atoms with Gasteiger partial charge in [0.05, 0.1) is 0 Å². The molecule has 1 aliphatic carbocycles. The molecular formula is C17H27N3O. The third-order valence-electron chi connectivity index (χ3n) is 4.50. The van der Waals surface area contributed by atoms with E-state index < -0.39 is 0 Å². The van der Waals surface area contributed by atoms with Gasteiger partial charge in [0.25, 0.3) is 5.91 Å². The predicted molar refractivity (Wildman–Crippen MR) is 86.1 cm³/mol. The van der Waals surface area contributed by atoms with Crippen molar-refractivity contribution < 1.29 is 4.79 Å². The molecule has 0 saturated heterocycles. The van der Waals surface area contributed by atoms with E-state index in [1.807, 2.05) is 13.0 Å². The van der Waals surface area contributed by atoms with Crippen LogP contribution in [0.5, 0.6) is 0 Å². The topological polar surface area (TPSA) is 68.0 Å². The van der Waals surface area contributed by atoms with Crippen molar-refractivity contribution in [1.29, 1.82) is 0 Å². The van der Waals surface area contributed by atoms with Crippen LogP contribution in [0.2, 0.25) is 0 Å². The molecule has 4 nitrogen and oxygen atoms in total. The summed E-state index contributed by atoms with van der Waals surface area (Å²) in [5, 5.41) is 3.21. The Hall–Kier alpha value is -1.58. The van der Waals surface area contributed by atoms with Gasteiger partial charge in [0.2, 0.25) is 0 Å². The number of nitrogens with zero attached hydrogens (tertiary/aromatic N) is 1. The Balaban J connectivity index is 2.06. The SMILES string of the molecule is CCc1cc(C(=O)NC(CC)C2CCCCC2)cc(N)n1. The summed E-state index contributed by atoms with van der Waals surface area (Å²) in [7, 11) is 0. The van der Waals surface area contributed by atoms with Crippen LogP contribution in [-0.2, 0) is 6.42 Å². The maximum Gasteiger partial charge on any atom is 0.251 e. The summed E-state index contributed by atoms with van der Waals surface area (Å²) in [6, 6.07) is 3.79. The molecule has 0 aromatic carbocycles. The first-order valence-electron chi connectivity index (χ1n) is 8.21. The monoisotopic (exact) mass is 289 g/mol. The number of carbonyl (C=O) groups excluding carboxylic acids is 1. The molecule has 0 bridgehead atoms. The molecular weight excluding hydrogens is 262 g/mol. The zero-order valence-electron chi connectivity index (χ0n) is 13.2. The van der Waals surface area contributed by atoms with Crippen molar-refractivity contribution in [2.45, 2.75) is 64.8 Å². The molecule has 1 saturated carbocycles. The van der Waals surface area contributed by atoms with Gasteiger partial charge in [-0.3, -0.25) is 4.79 Å². The summed E-state index contributed by atoms with van der Waals surface area (Å²) < 4.78 is 0. The fourth-order valence-electron chi connectivity index (χ4n) is 3.26. The number of pyridine rings is 1. The number of rotatable bonds is 5. The lowest BCUT2D eigenvalue weighted by Crippen LogP contribution is -2.40. The fourth-order valence-corrected chi connectivity index (χ4v) is 3.26. The molecule has 1 amide bonds. The molecule has 1 aromatic rings. The highest BCUT2D eigenvalue weighted by Crippen LogP contribution is 2.28. The molecule has 1 atom stereocenters. The number of carbonyl (C=O) groups is 1. The maximum absolute atomic E-state index is 12.5. The normalized spacial score (nSPS) is 17.4. The Morgan fingerprint density at radius 3 is 2.67 bits per heavy atom. The van der Waals surface area contributed by atoms with Crippen LogP contribution >= 0.6 is 0 Å². The van der Waals surface area contributed by atoms with Crippen molar-refractivity contribution in [3.8, 4) is 0 Å². The van der Waals surface area contributed by atoms with Gasteiger partial charge < -0.3 is 11.1 Å². The minimum absolute atomic E-state index is 0.0174. The number of anilines is 1. The second-order valence-corrected chi connectivity index (χ2v) is 6.01. The molecule has 2 rings (SSSR count). The van der Waals surface area contributed by atoms with E-state index in [1.165, 1.54) is 32.1 Å². The Bertz CT molecular complexity index is 481. The number of hydrogen-bond donors (Lipinski definition) is 2. The zero-order valence-corrected chi connectivity index (χ0v) is 13.2. The Kier molecular flexibility index (Phi) is 5.59. The van der Waals surface area contributed by atoms with Crippen LogP contribution in [0.25, 0.3) is 0 Å². The van der Waals surface area contributed by atoms with Gasteiger partial charge in [-0.15, -0.1) is 0 Å². The predicted octanol–water partition coefficient (Wildman–Crippen LogP) is 3.31. The van der Waals surface area contributed by atoms with Crippen LogP contribution < -0.4 is 11.1 Å². The van der Waals surface area contributed by atoms with Crippen molar-refractivity contribution in [3.63, 3.8) is 0 Å². The number of aryl methyl sites for hydroxylation is 1. The van der Waals surface area contributed by atoms with Gasteiger partial charge in [-0.1, -0.05) is 33.1 Å². The van der Waals surface area contributed by atoms with Gasteiger partial charge in [0, 0.05) is 17.3 Å². The Morgan fingerprint density at radius 2 is 2.05 bits per heavy atom. The highest BCUT2D eigenvalue weighted by molar-refractivity contribution is 5.95. The fraction of sp³-hybridized carbons (Fsp3) is 0.647. The van der Waals surface area contributed by atoms with Crippen LogP contribution in [0.4, 0.5) is 5.82 Å². The number of aromatic nitrogens is 1. The van der Waals surface area contributed by atoms with E-state index in [0.29, 0.717) is 17.3 Å². The van der Waals surface area contributed by atoms with Gasteiger partial charge in [0.1, 0.15) is 5.82 Å². The first-order chi connectivity index (χ1) is 10.1. The van der Waals surface area contributed by atoms with E-state index in [1.54, 1.807) is 6.07 Å². The van der Waals surface area contributed by atoms with Crippen molar-refractivity contribution >= 4 is 11.7 Å². The summed E-state index contributed by atoms with van der Waals surface area (Å²) in [4.78, 5) is 16.7. The van der Waals surface area contributed by atoms with Crippen molar-refractivity contribution in [2.75, 3.05) is 5.73 Å². The highest BCUT2D eigenvalue weighted by Gasteiger charge is 2.24. The molecule has 21 heavy (non-hydrogen) atoms. The molecule has 1 unspecified atom stereocenters. The van der Waals surface area contributed by atoms with E-state index in [2.05, 4.69) is 17.2 Å². The van der Waals surface area contributed by atoms with Crippen molar-refractivity contribution in [2.24, 2.45) is 5.92 Å². The quantitative estimate of drug-likeness (QED) is 0.873. The largest absolute Gasteiger partial charge is 0.384 e. The van der Waals surface area contributed by atoms with Crippen LogP contribution in [-0.4, -0.2) is 16.9 Å². The second-order valence-electron chi connectivity index (χ2n) is 6.01. The molecule has 3 N–H and O–H groups in total. The molecule has 1 heterocycles. The van der Waals surface area contributed by atoms with Gasteiger partial charge in [-0.05, 0) is 43.7 Å². The van der Waals surface area contributed by atoms with Crippen molar-refractivity contribution in [3.05, 3.63) is 23.4 Å². The summed E-state index contributed by atoms with van der Waals surface area (Å²) in [6.07, 6.45) is 8.15.